The van der Waals surface area contributed by atoms with E-state index in [0.717, 1.165) is 6.33 Å². The average Bonchev–Trinajstić information content (AvgIpc) is 2.77. The number of carboxylic acid groups (broad SMARTS) is 1. The molecule has 1 aromatic rings. The number of carbonyl (C=O) groups is 2. The number of nitrogens with one attached hydrogen (secondary N) is 2. The van der Waals surface area contributed by atoms with Gasteiger partial charge in [0.15, 0.2) is 11.4 Å². The third-order valence-electron chi connectivity index (χ3n) is 2.61. The lowest BCUT2D eigenvalue weighted by atomic mass is 10.00. The second kappa shape index (κ2) is 4.96. The van der Waals surface area contributed by atoms with Gasteiger partial charge in [-0.2, -0.15) is 0 Å². The fourth-order valence-electron chi connectivity index (χ4n) is 1.20. The van der Waals surface area contributed by atoms with E-state index in [4.69, 9.17) is 10.2 Å². The Morgan fingerprint density at radius 3 is 2.71 bits per heavy atom. The first-order valence-electron chi connectivity index (χ1n) is 5.13. The molecule has 7 heteroatoms. The number of rotatable bonds is 5. The van der Waals surface area contributed by atoms with E-state index in [9.17, 15) is 9.59 Å². The maximum absolute atomic E-state index is 11.8. The molecule has 1 heterocycles. The van der Waals surface area contributed by atoms with Crippen molar-refractivity contribution in [3.63, 3.8) is 0 Å². The summed E-state index contributed by atoms with van der Waals surface area (Å²) in [5, 5.41) is 20.5. The van der Waals surface area contributed by atoms with Gasteiger partial charge in [-0.25, -0.2) is 9.78 Å². The van der Waals surface area contributed by atoms with Crippen LogP contribution in [0.15, 0.2) is 6.33 Å². The number of aromatic nitrogens is 2. The molecular weight excluding hydrogens is 226 g/mol. The summed E-state index contributed by atoms with van der Waals surface area (Å²) in [6, 6.07) is 0. The van der Waals surface area contributed by atoms with Gasteiger partial charge in [-0.1, -0.05) is 6.92 Å². The van der Waals surface area contributed by atoms with E-state index < -0.39 is 17.4 Å². The molecule has 17 heavy (non-hydrogen) atoms. The highest BCUT2D eigenvalue weighted by atomic mass is 16.4. The predicted molar refractivity (Wildman–Crippen MR) is 58.8 cm³/mol. The van der Waals surface area contributed by atoms with Crippen LogP contribution in [0.4, 0.5) is 0 Å². The molecule has 1 atom stereocenters. The molecule has 94 valence electrons. The molecule has 0 aliphatic heterocycles. The molecule has 0 spiro atoms. The molecule has 1 amide bonds. The van der Waals surface area contributed by atoms with E-state index in [1.807, 2.05) is 0 Å². The van der Waals surface area contributed by atoms with Crippen molar-refractivity contribution in [3.8, 4) is 0 Å². The fourth-order valence-corrected chi connectivity index (χ4v) is 1.20. The van der Waals surface area contributed by atoms with E-state index in [-0.39, 0.29) is 18.0 Å². The summed E-state index contributed by atoms with van der Waals surface area (Å²) in [4.78, 5) is 28.6. The van der Waals surface area contributed by atoms with Crippen molar-refractivity contribution >= 4 is 11.9 Å². The highest BCUT2D eigenvalue weighted by molar-refractivity contribution is 6.02. The van der Waals surface area contributed by atoms with Gasteiger partial charge in [0.25, 0.3) is 5.91 Å². The molecule has 1 rings (SSSR count). The highest BCUT2D eigenvalue weighted by Crippen LogP contribution is 2.10. The highest BCUT2D eigenvalue weighted by Gasteiger charge is 2.27. The quantitative estimate of drug-likeness (QED) is 0.579. The number of H-pyrrole nitrogens is 1. The first kappa shape index (κ1) is 13.2. The number of hydrogen-bond acceptors (Lipinski definition) is 4. The van der Waals surface area contributed by atoms with Crippen LogP contribution in [-0.4, -0.2) is 44.2 Å². The summed E-state index contributed by atoms with van der Waals surface area (Å²) in [6.07, 6.45) is 1.66. The molecular formula is C10H15N3O4. The van der Waals surface area contributed by atoms with Crippen LogP contribution in [0.25, 0.3) is 0 Å². The summed E-state index contributed by atoms with van der Waals surface area (Å²) in [7, 11) is 0. The second-order valence-electron chi connectivity index (χ2n) is 3.96. The van der Waals surface area contributed by atoms with Crippen molar-refractivity contribution in [2.75, 3.05) is 6.61 Å². The van der Waals surface area contributed by atoms with Gasteiger partial charge in [0.05, 0.1) is 18.5 Å². The Balaban J connectivity index is 2.90. The minimum Gasteiger partial charge on any atom is -0.477 e. The minimum absolute atomic E-state index is 0.189. The van der Waals surface area contributed by atoms with Crippen LogP contribution in [0, 0.1) is 0 Å². The summed E-state index contributed by atoms with van der Waals surface area (Å²) in [6.45, 7) is 3.24. The summed E-state index contributed by atoms with van der Waals surface area (Å²) >= 11 is 0. The molecule has 0 bridgehead atoms. The molecule has 0 aromatic carbocycles. The van der Waals surface area contributed by atoms with Gasteiger partial charge in [-0.3, -0.25) is 4.79 Å². The van der Waals surface area contributed by atoms with E-state index >= 15 is 0 Å². The van der Waals surface area contributed by atoms with Gasteiger partial charge < -0.3 is 20.5 Å². The van der Waals surface area contributed by atoms with Crippen LogP contribution in [0.1, 0.15) is 41.2 Å². The van der Waals surface area contributed by atoms with E-state index in [0.29, 0.717) is 6.42 Å². The Bertz CT molecular complexity index is 423. The molecule has 7 nitrogen and oxygen atoms in total. The number of aliphatic hydroxyl groups is 1. The zero-order valence-electron chi connectivity index (χ0n) is 9.65. The number of aliphatic hydroxyl groups excluding tert-OH is 1. The van der Waals surface area contributed by atoms with Crippen molar-refractivity contribution in [1.29, 1.82) is 0 Å². The normalized spacial score (nSPS) is 14.1. The Morgan fingerprint density at radius 1 is 1.59 bits per heavy atom. The number of aromatic amines is 1. The topological polar surface area (TPSA) is 115 Å². The Hall–Kier alpha value is -1.89. The summed E-state index contributed by atoms with van der Waals surface area (Å²) in [5.74, 6) is -1.88. The Labute approximate surface area is 97.9 Å². The smallest absolute Gasteiger partial charge is 0.354 e. The SMILES string of the molecule is CCC(C)(CO)NC(=O)c1nc[nH]c1C(=O)O. The number of amides is 1. The predicted octanol–water partition coefficient (Wildman–Crippen LogP) is -0.00130. The molecule has 0 saturated carbocycles. The molecule has 0 saturated heterocycles. The number of aromatic carboxylic acids is 1. The largest absolute Gasteiger partial charge is 0.477 e. The third-order valence-corrected chi connectivity index (χ3v) is 2.61. The maximum Gasteiger partial charge on any atom is 0.354 e. The van der Waals surface area contributed by atoms with Crippen LogP contribution in [0.3, 0.4) is 0 Å². The second-order valence-corrected chi connectivity index (χ2v) is 3.96. The standard InChI is InChI=1S/C10H15N3O4/c1-3-10(2,4-14)13-8(15)6-7(9(16)17)12-5-11-6/h5,14H,3-4H2,1-2H3,(H,11,12)(H,13,15)(H,16,17). The maximum atomic E-state index is 11.8. The lowest BCUT2D eigenvalue weighted by molar-refractivity contribution is 0.0681. The lowest BCUT2D eigenvalue weighted by Gasteiger charge is -2.26. The van der Waals surface area contributed by atoms with Crippen LogP contribution in [0.2, 0.25) is 0 Å². The molecule has 1 aromatic heterocycles. The van der Waals surface area contributed by atoms with Crippen molar-refractivity contribution in [3.05, 3.63) is 17.7 Å². The lowest BCUT2D eigenvalue weighted by Crippen LogP contribution is -2.48. The van der Waals surface area contributed by atoms with Gasteiger partial charge in [-0.15, -0.1) is 0 Å². The molecule has 0 aliphatic rings. The first-order valence-corrected chi connectivity index (χ1v) is 5.13. The number of nitrogens with zero attached hydrogens (tertiary/aromatic N) is 1. The van der Waals surface area contributed by atoms with Crippen LogP contribution >= 0.6 is 0 Å². The Kier molecular flexibility index (Phi) is 3.84. The van der Waals surface area contributed by atoms with Crippen molar-refractivity contribution in [2.45, 2.75) is 25.8 Å². The van der Waals surface area contributed by atoms with Gasteiger partial charge in [0.1, 0.15) is 0 Å². The summed E-state index contributed by atoms with van der Waals surface area (Å²) in [5.41, 5.74) is -1.24. The zero-order valence-corrected chi connectivity index (χ0v) is 9.65. The monoisotopic (exact) mass is 241 g/mol. The Morgan fingerprint density at radius 2 is 2.24 bits per heavy atom. The number of carboxylic acids is 1. The van der Waals surface area contributed by atoms with E-state index in [1.54, 1.807) is 13.8 Å². The molecule has 0 fully saturated rings. The van der Waals surface area contributed by atoms with Gasteiger partial charge in [0.2, 0.25) is 0 Å². The van der Waals surface area contributed by atoms with Gasteiger partial charge in [-0.05, 0) is 13.3 Å². The number of carbonyl (C=O) groups excluding carboxylic acids is 1. The minimum atomic E-state index is -1.25. The van der Waals surface area contributed by atoms with Crippen molar-refractivity contribution in [2.24, 2.45) is 0 Å². The average molecular weight is 241 g/mol. The van der Waals surface area contributed by atoms with Crippen LogP contribution < -0.4 is 5.32 Å². The first-order chi connectivity index (χ1) is 7.93. The molecule has 4 N–H and O–H groups in total. The van der Waals surface area contributed by atoms with Crippen LogP contribution in [0.5, 0.6) is 0 Å². The molecule has 1 unspecified atom stereocenters. The van der Waals surface area contributed by atoms with Crippen molar-refractivity contribution in [1.82, 2.24) is 15.3 Å². The van der Waals surface area contributed by atoms with Gasteiger partial charge in [0, 0.05) is 0 Å². The molecule has 0 radical (unpaired) electrons. The summed E-state index contributed by atoms with van der Waals surface area (Å²) < 4.78 is 0. The third kappa shape index (κ3) is 2.82. The fraction of sp³-hybridized carbons (Fsp3) is 0.500. The number of hydrogen-bond donors (Lipinski definition) is 4. The van der Waals surface area contributed by atoms with E-state index in [2.05, 4.69) is 15.3 Å². The van der Waals surface area contributed by atoms with Gasteiger partial charge >= 0.3 is 5.97 Å². The number of imidazole rings is 1. The van der Waals surface area contributed by atoms with Crippen molar-refractivity contribution < 1.29 is 19.8 Å². The van der Waals surface area contributed by atoms with E-state index in [1.165, 1.54) is 0 Å². The molecule has 0 aliphatic carbocycles. The van der Waals surface area contributed by atoms with Crippen LogP contribution in [-0.2, 0) is 0 Å². The zero-order chi connectivity index (χ0) is 13.1.